The number of carbonyl (C=O) groups is 4. The molecule has 0 amide bonds. The molecule has 19 heteroatoms. The SMILES string of the molecule is CCCCCCCCCCCCCCCCCCCCCCCCC(=O)O[C@H](COC(=O)CCCCCCCCCCCCCCCCCC)COP(=O)(O)OC[C@@H](O)COP(=O)(O)OC[C@@H](COC(=O)CCCCCCCCCC(C)C)OC(=O)CCCCCCCCCCC(C)C. The van der Waals surface area contributed by atoms with Crippen LogP contribution in [0.1, 0.15) is 420 Å². The number of carbonyl (C=O) groups excluding carboxylic acids is 4. The third-order valence-corrected chi connectivity index (χ3v) is 20.6. The topological polar surface area (TPSA) is 237 Å². The van der Waals surface area contributed by atoms with Crippen LogP contribution in [0.5, 0.6) is 0 Å². The van der Waals surface area contributed by atoms with Crippen LogP contribution in [0.3, 0.4) is 0 Å². The molecule has 99 heavy (non-hydrogen) atoms. The Hall–Kier alpha value is -1.94. The molecule has 0 fully saturated rings. The van der Waals surface area contributed by atoms with Crippen LogP contribution in [0.15, 0.2) is 0 Å². The minimum Gasteiger partial charge on any atom is -0.462 e. The average molecular weight is 1450 g/mol. The Kier molecular flexibility index (Phi) is 70.3. The molecule has 0 heterocycles. The molecule has 0 spiro atoms. The van der Waals surface area contributed by atoms with Gasteiger partial charge >= 0.3 is 39.5 Å². The van der Waals surface area contributed by atoms with E-state index in [9.17, 15) is 43.2 Å². The second-order valence-electron chi connectivity index (χ2n) is 29.8. The lowest BCUT2D eigenvalue weighted by atomic mass is 10.0. The van der Waals surface area contributed by atoms with E-state index in [4.69, 9.17) is 37.0 Å². The third-order valence-electron chi connectivity index (χ3n) is 18.7. The largest absolute Gasteiger partial charge is 0.472 e. The number of hydrogen-bond donors (Lipinski definition) is 3. The Morgan fingerprint density at radius 1 is 0.273 bits per heavy atom. The lowest BCUT2D eigenvalue weighted by Gasteiger charge is -2.21. The predicted molar refractivity (Wildman–Crippen MR) is 405 cm³/mol. The highest BCUT2D eigenvalue weighted by Crippen LogP contribution is 2.45. The van der Waals surface area contributed by atoms with Crippen molar-refractivity contribution in [2.75, 3.05) is 39.6 Å². The molecule has 3 N–H and O–H groups in total. The average Bonchev–Trinajstić information content (AvgIpc) is 0.956. The zero-order chi connectivity index (χ0) is 72.8. The van der Waals surface area contributed by atoms with E-state index in [2.05, 4.69) is 41.5 Å². The normalized spacial score (nSPS) is 13.9. The van der Waals surface area contributed by atoms with Crippen molar-refractivity contribution in [3.8, 4) is 0 Å². The van der Waals surface area contributed by atoms with E-state index in [0.717, 1.165) is 102 Å². The van der Waals surface area contributed by atoms with E-state index < -0.39 is 97.5 Å². The van der Waals surface area contributed by atoms with Gasteiger partial charge in [-0.2, -0.15) is 0 Å². The van der Waals surface area contributed by atoms with Crippen molar-refractivity contribution in [3.63, 3.8) is 0 Å². The van der Waals surface area contributed by atoms with Crippen molar-refractivity contribution in [3.05, 3.63) is 0 Å². The number of aliphatic hydroxyl groups excluding tert-OH is 1. The summed E-state index contributed by atoms with van der Waals surface area (Å²) < 4.78 is 68.6. The zero-order valence-electron chi connectivity index (χ0n) is 64.8. The lowest BCUT2D eigenvalue weighted by Crippen LogP contribution is -2.30. The minimum absolute atomic E-state index is 0.104. The highest BCUT2D eigenvalue weighted by atomic mass is 31.2. The molecular weight excluding hydrogens is 1290 g/mol. The summed E-state index contributed by atoms with van der Waals surface area (Å²) in [5.74, 6) is -0.691. The maximum absolute atomic E-state index is 13.1. The molecule has 0 aliphatic carbocycles. The summed E-state index contributed by atoms with van der Waals surface area (Å²) in [7, 11) is -9.92. The third kappa shape index (κ3) is 74.1. The molecule has 0 bridgehead atoms. The maximum Gasteiger partial charge on any atom is 0.472 e. The smallest absolute Gasteiger partial charge is 0.462 e. The van der Waals surface area contributed by atoms with Crippen LogP contribution in [0.25, 0.3) is 0 Å². The molecule has 17 nitrogen and oxygen atoms in total. The number of rotatable bonds is 79. The summed E-state index contributed by atoms with van der Waals surface area (Å²) in [5, 5.41) is 10.6. The fourth-order valence-corrected chi connectivity index (χ4v) is 13.9. The van der Waals surface area contributed by atoms with Gasteiger partial charge in [0.1, 0.15) is 19.3 Å². The lowest BCUT2D eigenvalue weighted by molar-refractivity contribution is -0.161. The van der Waals surface area contributed by atoms with Crippen molar-refractivity contribution in [2.45, 2.75) is 439 Å². The quantitative estimate of drug-likeness (QED) is 0.0222. The molecular formula is C80H156O17P2. The van der Waals surface area contributed by atoms with Crippen LogP contribution in [-0.4, -0.2) is 96.7 Å². The van der Waals surface area contributed by atoms with Gasteiger partial charge in [-0.3, -0.25) is 37.3 Å². The van der Waals surface area contributed by atoms with Gasteiger partial charge in [-0.05, 0) is 37.5 Å². The molecule has 0 aliphatic heterocycles. The molecule has 0 aromatic carbocycles. The first-order valence-corrected chi connectivity index (χ1v) is 44.5. The van der Waals surface area contributed by atoms with Gasteiger partial charge in [0.15, 0.2) is 12.2 Å². The van der Waals surface area contributed by atoms with E-state index in [1.54, 1.807) is 0 Å². The van der Waals surface area contributed by atoms with Crippen molar-refractivity contribution in [1.29, 1.82) is 0 Å². The van der Waals surface area contributed by atoms with Crippen molar-refractivity contribution in [2.24, 2.45) is 11.8 Å². The fourth-order valence-electron chi connectivity index (χ4n) is 12.4. The fraction of sp³-hybridized carbons (Fsp3) is 0.950. The van der Waals surface area contributed by atoms with Crippen molar-refractivity contribution in [1.82, 2.24) is 0 Å². The zero-order valence-corrected chi connectivity index (χ0v) is 66.6. The standard InChI is InChI=1S/C80H156O17P2/c1-7-9-11-13-15-17-19-21-23-25-26-27-28-29-30-32-34-36-38-45-52-58-64-79(84)96-75(68-90-77(82)62-56-50-44-37-35-33-31-24-22-20-18-16-14-12-10-8-2)70-94-98(86,87)92-66-74(81)67-93-99(88,89)95-71-76(69-91-78(83)63-57-51-47-41-43-49-55-61-73(5)6)97-80(85)65-59-53-46-40-39-42-48-54-60-72(3)4/h72-76,81H,7-71H2,1-6H3,(H,86,87)(H,88,89)/t74-,75-,76-/m1/s1. The predicted octanol–water partition coefficient (Wildman–Crippen LogP) is 23.9. The molecule has 0 aromatic rings. The summed E-state index contributed by atoms with van der Waals surface area (Å²) in [6.07, 6.45) is 61.4. The van der Waals surface area contributed by atoms with E-state index in [1.165, 1.54) is 231 Å². The molecule has 0 saturated heterocycles. The molecule has 2 unspecified atom stereocenters. The van der Waals surface area contributed by atoms with Gasteiger partial charge in [-0.25, -0.2) is 9.13 Å². The number of esters is 4. The Morgan fingerprint density at radius 2 is 0.465 bits per heavy atom. The number of aliphatic hydroxyl groups is 1. The maximum atomic E-state index is 13.1. The second-order valence-corrected chi connectivity index (χ2v) is 32.7. The van der Waals surface area contributed by atoms with Crippen LogP contribution >= 0.6 is 15.6 Å². The van der Waals surface area contributed by atoms with E-state index in [1.807, 2.05) is 0 Å². The highest BCUT2D eigenvalue weighted by molar-refractivity contribution is 7.47. The molecule has 0 aromatic heterocycles. The molecule has 0 radical (unpaired) electrons. The summed E-state index contributed by atoms with van der Waals surface area (Å²) in [5.41, 5.74) is 0. The number of unbranched alkanes of at least 4 members (excludes halogenated alkanes) is 49. The molecule has 5 atom stereocenters. The number of hydrogen-bond acceptors (Lipinski definition) is 15. The van der Waals surface area contributed by atoms with Crippen molar-refractivity contribution < 1.29 is 80.2 Å². The highest BCUT2D eigenvalue weighted by Gasteiger charge is 2.30. The Balaban J connectivity index is 5.19. The van der Waals surface area contributed by atoms with Gasteiger partial charge in [0.2, 0.25) is 0 Å². The minimum atomic E-state index is -4.96. The summed E-state index contributed by atoms with van der Waals surface area (Å²) in [6.45, 7) is 9.52. The van der Waals surface area contributed by atoms with Crippen LogP contribution in [0.2, 0.25) is 0 Å². The Bertz CT molecular complexity index is 1910. The van der Waals surface area contributed by atoms with Crippen LogP contribution < -0.4 is 0 Å². The Labute approximate surface area is 607 Å². The van der Waals surface area contributed by atoms with Crippen LogP contribution in [-0.2, 0) is 65.4 Å². The van der Waals surface area contributed by atoms with Gasteiger partial charge < -0.3 is 33.8 Å². The summed E-state index contributed by atoms with van der Waals surface area (Å²) in [4.78, 5) is 72.9. The van der Waals surface area contributed by atoms with Gasteiger partial charge in [0, 0.05) is 25.7 Å². The van der Waals surface area contributed by atoms with Crippen LogP contribution in [0.4, 0.5) is 0 Å². The number of phosphoric ester groups is 2. The van der Waals surface area contributed by atoms with Gasteiger partial charge in [-0.1, -0.05) is 369 Å². The van der Waals surface area contributed by atoms with Crippen LogP contribution in [0, 0.1) is 11.8 Å². The second kappa shape index (κ2) is 71.7. The van der Waals surface area contributed by atoms with Gasteiger partial charge in [-0.15, -0.1) is 0 Å². The first kappa shape index (κ1) is 97.1. The number of phosphoric acid groups is 2. The number of ether oxygens (including phenoxy) is 4. The van der Waals surface area contributed by atoms with Gasteiger partial charge in [0.05, 0.1) is 26.4 Å². The van der Waals surface area contributed by atoms with Crippen molar-refractivity contribution >= 4 is 39.5 Å². The summed E-state index contributed by atoms with van der Waals surface area (Å²) in [6, 6.07) is 0. The summed E-state index contributed by atoms with van der Waals surface area (Å²) >= 11 is 0. The van der Waals surface area contributed by atoms with E-state index in [0.29, 0.717) is 31.6 Å². The first-order chi connectivity index (χ1) is 47.9. The van der Waals surface area contributed by atoms with Gasteiger partial charge in [0.25, 0.3) is 0 Å². The monoisotopic (exact) mass is 1450 g/mol. The van der Waals surface area contributed by atoms with E-state index in [-0.39, 0.29) is 25.7 Å². The first-order valence-electron chi connectivity index (χ1n) is 41.5. The molecule has 0 saturated carbocycles. The molecule has 0 aliphatic rings. The molecule has 588 valence electrons. The molecule has 0 rings (SSSR count). The Morgan fingerprint density at radius 3 is 0.687 bits per heavy atom. The van der Waals surface area contributed by atoms with E-state index >= 15 is 0 Å².